The Hall–Kier alpha value is -1.07. The van der Waals surface area contributed by atoms with Crippen LogP contribution in [-0.2, 0) is 23.7 Å². The summed E-state index contributed by atoms with van der Waals surface area (Å²) in [6.45, 7) is 4.31. The summed E-state index contributed by atoms with van der Waals surface area (Å²) in [5.74, 6) is -0.348. The van der Waals surface area contributed by atoms with E-state index in [2.05, 4.69) is 19.1 Å². The number of esters is 1. The van der Waals surface area contributed by atoms with Crippen molar-refractivity contribution in [2.75, 3.05) is 26.4 Å². The highest BCUT2D eigenvalue weighted by Crippen LogP contribution is 2.22. The summed E-state index contributed by atoms with van der Waals surface area (Å²) in [7, 11) is 0. The molecule has 0 aromatic carbocycles. The van der Waals surface area contributed by atoms with Gasteiger partial charge in [0, 0.05) is 13.0 Å². The second kappa shape index (κ2) is 30.9. The minimum absolute atomic E-state index is 0.114. The maximum absolute atomic E-state index is 12.2. The lowest BCUT2D eigenvalue weighted by atomic mass is 9.99. The molecule has 0 spiro atoms. The van der Waals surface area contributed by atoms with Crippen LogP contribution in [0.15, 0.2) is 12.2 Å². The smallest absolute Gasteiger partial charge is 0.306 e. The molecule has 9 heteroatoms. The Bertz CT molecular complexity index is 732. The molecule has 6 unspecified atom stereocenters. The molecule has 1 aliphatic heterocycles. The van der Waals surface area contributed by atoms with E-state index in [1.807, 2.05) is 6.92 Å². The maximum Gasteiger partial charge on any atom is 0.306 e. The minimum atomic E-state index is -1.53. The molecule has 0 radical (unpaired) electrons. The molecule has 1 saturated heterocycles. The predicted octanol–water partition coefficient (Wildman–Crippen LogP) is 7.30. The van der Waals surface area contributed by atoms with E-state index in [0.29, 0.717) is 13.0 Å². The molecule has 1 aliphatic rings. The van der Waals surface area contributed by atoms with Crippen molar-refractivity contribution in [1.29, 1.82) is 0 Å². The summed E-state index contributed by atoms with van der Waals surface area (Å²) in [5.41, 5.74) is 0. The first kappa shape index (κ1) is 44.0. The zero-order valence-corrected chi connectivity index (χ0v) is 30.0. The highest BCUT2D eigenvalue weighted by Gasteiger charge is 2.44. The lowest BCUT2D eigenvalue weighted by Crippen LogP contribution is -2.59. The fraction of sp³-hybridized carbons (Fsp3) is 0.921. The molecule has 0 aliphatic carbocycles. The van der Waals surface area contributed by atoms with Gasteiger partial charge in [0.15, 0.2) is 6.29 Å². The number of ether oxygens (including phenoxy) is 4. The first-order chi connectivity index (χ1) is 22.9. The Balaban J connectivity index is 2.05. The average molecular weight is 673 g/mol. The number of aliphatic hydroxyl groups is 4. The van der Waals surface area contributed by atoms with Crippen molar-refractivity contribution in [3.63, 3.8) is 0 Å². The van der Waals surface area contributed by atoms with Gasteiger partial charge in [-0.05, 0) is 38.5 Å². The van der Waals surface area contributed by atoms with E-state index in [1.165, 1.54) is 116 Å². The van der Waals surface area contributed by atoms with Crippen LogP contribution in [0.5, 0.6) is 0 Å². The molecule has 6 atom stereocenters. The summed E-state index contributed by atoms with van der Waals surface area (Å²) in [5, 5.41) is 39.6. The van der Waals surface area contributed by atoms with Gasteiger partial charge >= 0.3 is 5.97 Å². The molecule has 9 nitrogen and oxygen atoms in total. The van der Waals surface area contributed by atoms with Crippen molar-refractivity contribution in [2.24, 2.45) is 0 Å². The van der Waals surface area contributed by atoms with E-state index < -0.39 is 43.4 Å². The molecule has 278 valence electrons. The Kier molecular flexibility index (Phi) is 28.9. The molecule has 0 saturated carbocycles. The van der Waals surface area contributed by atoms with Crippen LogP contribution >= 0.6 is 0 Å². The van der Waals surface area contributed by atoms with Crippen molar-refractivity contribution >= 4 is 5.97 Å². The van der Waals surface area contributed by atoms with Crippen LogP contribution in [-0.4, -0.2) is 89.6 Å². The Morgan fingerprint density at radius 2 is 1.17 bits per heavy atom. The molecule has 0 bridgehead atoms. The molecule has 0 aromatic rings. The third-order valence-corrected chi connectivity index (χ3v) is 8.93. The van der Waals surface area contributed by atoms with Crippen molar-refractivity contribution < 1.29 is 44.2 Å². The SMILES string of the molecule is CCCCCCCCCC/C=C\CCCCCCCCCCCCOCC(COC1OC(CO)C(O)C(O)C1O)OC(=O)CCCC. The third-order valence-electron chi connectivity index (χ3n) is 8.93. The summed E-state index contributed by atoms with van der Waals surface area (Å²) < 4.78 is 22.3. The van der Waals surface area contributed by atoms with Crippen LogP contribution in [0, 0.1) is 0 Å². The number of allylic oxidation sites excluding steroid dienone is 2. The van der Waals surface area contributed by atoms with Crippen molar-refractivity contribution in [1.82, 2.24) is 0 Å². The molecule has 0 aromatic heterocycles. The number of aliphatic hydroxyl groups excluding tert-OH is 4. The summed E-state index contributed by atoms with van der Waals surface area (Å²) in [4.78, 5) is 12.2. The van der Waals surface area contributed by atoms with Crippen molar-refractivity contribution in [2.45, 2.75) is 198 Å². The van der Waals surface area contributed by atoms with E-state index in [1.54, 1.807) is 0 Å². The van der Waals surface area contributed by atoms with E-state index in [0.717, 1.165) is 25.7 Å². The maximum atomic E-state index is 12.2. The normalized spacial score (nSPS) is 22.2. The van der Waals surface area contributed by atoms with E-state index >= 15 is 0 Å². The fourth-order valence-corrected chi connectivity index (χ4v) is 5.82. The van der Waals surface area contributed by atoms with Crippen molar-refractivity contribution in [3.05, 3.63) is 12.2 Å². The van der Waals surface area contributed by atoms with Crippen LogP contribution in [0.1, 0.15) is 162 Å². The lowest BCUT2D eigenvalue weighted by Gasteiger charge is -2.39. The number of unbranched alkanes of at least 4 members (excludes halogenated alkanes) is 19. The molecule has 4 N–H and O–H groups in total. The third kappa shape index (κ3) is 23.1. The number of carbonyl (C=O) groups excluding carboxylic acids is 1. The fourth-order valence-electron chi connectivity index (χ4n) is 5.82. The van der Waals surface area contributed by atoms with Gasteiger partial charge in [-0.2, -0.15) is 0 Å². The number of rotatable bonds is 32. The topological polar surface area (TPSA) is 135 Å². The molecular weight excluding hydrogens is 600 g/mol. The van der Waals surface area contributed by atoms with E-state index in [9.17, 15) is 25.2 Å². The average Bonchev–Trinajstić information content (AvgIpc) is 3.07. The highest BCUT2D eigenvalue weighted by atomic mass is 16.7. The molecule has 1 heterocycles. The first-order valence-corrected chi connectivity index (χ1v) is 19.3. The van der Waals surface area contributed by atoms with Crippen LogP contribution < -0.4 is 0 Å². The van der Waals surface area contributed by atoms with Gasteiger partial charge in [0.2, 0.25) is 0 Å². The van der Waals surface area contributed by atoms with Gasteiger partial charge in [-0.3, -0.25) is 4.79 Å². The monoisotopic (exact) mass is 673 g/mol. The summed E-state index contributed by atoms with van der Waals surface area (Å²) in [6, 6.07) is 0. The standard InChI is InChI=1S/C38H72O9/c1-3-5-7-8-9-10-11-12-13-14-15-16-17-18-19-20-21-22-23-24-25-26-28-44-30-32(46-34(40)27-6-4-2)31-45-38-37(43)36(42)35(41)33(29-39)47-38/h14-15,32-33,35-39,41-43H,3-13,16-31H2,1-2H3/b15-14-. The van der Waals surface area contributed by atoms with Crippen LogP contribution in [0.2, 0.25) is 0 Å². The first-order valence-electron chi connectivity index (χ1n) is 19.3. The quantitative estimate of drug-likeness (QED) is 0.0330. The van der Waals surface area contributed by atoms with Gasteiger partial charge in [0.1, 0.15) is 30.5 Å². The van der Waals surface area contributed by atoms with Crippen LogP contribution in [0.4, 0.5) is 0 Å². The zero-order chi connectivity index (χ0) is 34.4. The van der Waals surface area contributed by atoms with E-state index in [-0.39, 0.29) is 19.2 Å². The van der Waals surface area contributed by atoms with E-state index in [4.69, 9.17) is 18.9 Å². The molecule has 47 heavy (non-hydrogen) atoms. The molecule has 1 fully saturated rings. The molecular formula is C38H72O9. The second-order valence-electron chi connectivity index (χ2n) is 13.4. The lowest BCUT2D eigenvalue weighted by molar-refractivity contribution is -0.305. The second-order valence-corrected chi connectivity index (χ2v) is 13.4. The van der Waals surface area contributed by atoms with Gasteiger partial charge in [-0.15, -0.1) is 0 Å². The zero-order valence-electron chi connectivity index (χ0n) is 30.0. The minimum Gasteiger partial charge on any atom is -0.457 e. The van der Waals surface area contributed by atoms with Crippen LogP contribution in [0.3, 0.4) is 0 Å². The summed E-state index contributed by atoms with van der Waals surface area (Å²) in [6.07, 6.45) is 25.1. The van der Waals surface area contributed by atoms with Gasteiger partial charge in [-0.25, -0.2) is 0 Å². The largest absolute Gasteiger partial charge is 0.457 e. The van der Waals surface area contributed by atoms with Crippen molar-refractivity contribution in [3.8, 4) is 0 Å². The highest BCUT2D eigenvalue weighted by molar-refractivity contribution is 5.69. The number of hydrogen-bond acceptors (Lipinski definition) is 9. The predicted molar refractivity (Wildman–Crippen MR) is 187 cm³/mol. The number of carbonyl (C=O) groups is 1. The van der Waals surface area contributed by atoms with Gasteiger partial charge < -0.3 is 39.4 Å². The van der Waals surface area contributed by atoms with Crippen LogP contribution in [0.25, 0.3) is 0 Å². The van der Waals surface area contributed by atoms with Gasteiger partial charge in [-0.1, -0.05) is 129 Å². The molecule has 0 amide bonds. The molecule has 1 rings (SSSR count). The Labute approximate surface area is 286 Å². The summed E-state index contributed by atoms with van der Waals surface area (Å²) >= 11 is 0. The van der Waals surface area contributed by atoms with Gasteiger partial charge in [0.25, 0.3) is 0 Å². The van der Waals surface area contributed by atoms with Gasteiger partial charge in [0.05, 0.1) is 19.8 Å². The Morgan fingerprint density at radius 1 is 0.660 bits per heavy atom. The Morgan fingerprint density at radius 3 is 1.70 bits per heavy atom. The number of hydrogen-bond donors (Lipinski definition) is 4.